The highest BCUT2D eigenvalue weighted by Gasteiger charge is 2.59. The summed E-state index contributed by atoms with van der Waals surface area (Å²) in [6.45, 7) is 1.19. The van der Waals surface area contributed by atoms with E-state index in [1.54, 1.807) is 0 Å². The van der Waals surface area contributed by atoms with Gasteiger partial charge in [0.25, 0.3) is 0 Å². The molecular weight excluding hydrogens is 218 g/mol. The molecule has 2 rings (SSSR count). The standard InChI is InChI=1S/C13H17NO3/c14-9-13(12(15)16)6-11(13)8-17-7-10-4-2-1-3-5-10/h1-5,11H,6-9,14H2,(H,15,16). The normalized spacial score (nSPS) is 26.8. The number of carboxylic acid groups (broad SMARTS) is 1. The van der Waals surface area contributed by atoms with E-state index in [1.165, 1.54) is 0 Å². The number of hydrogen-bond acceptors (Lipinski definition) is 3. The lowest BCUT2D eigenvalue weighted by molar-refractivity contribution is -0.143. The fourth-order valence-corrected chi connectivity index (χ4v) is 2.09. The van der Waals surface area contributed by atoms with Crippen molar-refractivity contribution >= 4 is 5.97 Å². The molecule has 1 aromatic carbocycles. The molecule has 0 spiro atoms. The second-order valence-corrected chi connectivity index (χ2v) is 4.57. The minimum atomic E-state index is -0.798. The topological polar surface area (TPSA) is 72.6 Å². The van der Waals surface area contributed by atoms with Gasteiger partial charge in [0.1, 0.15) is 0 Å². The van der Waals surface area contributed by atoms with E-state index >= 15 is 0 Å². The van der Waals surface area contributed by atoms with E-state index in [1.807, 2.05) is 30.3 Å². The van der Waals surface area contributed by atoms with Crippen molar-refractivity contribution in [2.75, 3.05) is 13.2 Å². The van der Waals surface area contributed by atoms with E-state index in [0.717, 1.165) is 5.56 Å². The summed E-state index contributed by atoms with van der Waals surface area (Å²) in [5.74, 6) is -0.734. The summed E-state index contributed by atoms with van der Waals surface area (Å²) >= 11 is 0. The highest BCUT2D eigenvalue weighted by atomic mass is 16.5. The Morgan fingerprint density at radius 3 is 2.71 bits per heavy atom. The number of carbonyl (C=O) groups is 1. The largest absolute Gasteiger partial charge is 0.481 e. The van der Waals surface area contributed by atoms with Crippen LogP contribution in [0.5, 0.6) is 0 Å². The third-order valence-electron chi connectivity index (χ3n) is 3.45. The fourth-order valence-electron chi connectivity index (χ4n) is 2.09. The van der Waals surface area contributed by atoms with Gasteiger partial charge in [-0.1, -0.05) is 30.3 Å². The molecule has 3 N–H and O–H groups in total. The second-order valence-electron chi connectivity index (χ2n) is 4.57. The third-order valence-corrected chi connectivity index (χ3v) is 3.45. The number of ether oxygens (including phenoxy) is 1. The van der Waals surface area contributed by atoms with Crippen LogP contribution in [0.3, 0.4) is 0 Å². The SMILES string of the molecule is NCC1(C(=O)O)CC1COCc1ccccc1. The number of rotatable bonds is 6. The average Bonchev–Trinajstić information content (AvgIpc) is 3.06. The van der Waals surface area contributed by atoms with E-state index in [0.29, 0.717) is 19.6 Å². The Balaban J connectivity index is 1.76. The van der Waals surface area contributed by atoms with Crippen molar-refractivity contribution in [2.24, 2.45) is 17.1 Å². The minimum absolute atomic E-state index is 0.0636. The van der Waals surface area contributed by atoms with Crippen LogP contribution in [0.4, 0.5) is 0 Å². The fraction of sp³-hybridized carbons (Fsp3) is 0.462. The molecule has 2 atom stereocenters. The highest BCUT2D eigenvalue weighted by Crippen LogP contribution is 2.52. The average molecular weight is 235 g/mol. The number of benzene rings is 1. The predicted molar refractivity (Wildman–Crippen MR) is 63.3 cm³/mol. The zero-order chi connectivity index (χ0) is 12.3. The molecule has 0 aromatic heterocycles. The van der Waals surface area contributed by atoms with Gasteiger partial charge in [-0.2, -0.15) is 0 Å². The summed E-state index contributed by atoms with van der Waals surface area (Å²) in [4.78, 5) is 11.0. The lowest BCUT2D eigenvalue weighted by Crippen LogP contribution is -2.28. The second kappa shape index (κ2) is 4.85. The molecule has 17 heavy (non-hydrogen) atoms. The van der Waals surface area contributed by atoms with E-state index in [2.05, 4.69) is 0 Å². The molecule has 1 fully saturated rings. The molecule has 1 aromatic rings. The molecule has 0 aliphatic heterocycles. The van der Waals surface area contributed by atoms with Crippen molar-refractivity contribution in [3.05, 3.63) is 35.9 Å². The van der Waals surface area contributed by atoms with Crippen LogP contribution in [0, 0.1) is 11.3 Å². The molecule has 4 heteroatoms. The van der Waals surface area contributed by atoms with Gasteiger partial charge in [-0.05, 0) is 12.0 Å². The van der Waals surface area contributed by atoms with Gasteiger partial charge in [0.05, 0.1) is 18.6 Å². The molecule has 0 bridgehead atoms. The van der Waals surface area contributed by atoms with Gasteiger partial charge < -0.3 is 15.6 Å². The maximum Gasteiger partial charge on any atom is 0.311 e. The lowest BCUT2D eigenvalue weighted by atomic mass is 10.1. The molecule has 0 radical (unpaired) electrons. The quantitative estimate of drug-likeness (QED) is 0.778. The van der Waals surface area contributed by atoms with Crippen LogP contribution in [0.25, 0.3) is 0 Å². The predicted octanol–water partition coefficient (Wildman–Crippen LogP) is 1.25. The summed E-state index contributed by atoms with van der Waals surface area (Å²) in [5.41, 5.74) is 5.88. The minimum Gasteiger partial charge on any atom is -0.481 e. The lowest BCUT2D eigenvalue weighted by Gasteiger charge is -2.09. The first-order valence-corrected chi connectivity index (χ1v) is 5.74. The molecule has 1 aliphatic rings. The molecule has 92 valence electrons. The van der Waals surface area contributed by atoms with Crippen molar-refractivity contribution in [3.63, 3.8) is 0 Å². The zero-order valence-corrected chi connectivity index (χ0v) is 9.63. The Kier molecular flexibility index (Phi) is 3.45. The maximum absolute atomic E-state index is 11.0. The molecule has 0 saturated heterocycles. The van der Waals surface area contributed by atoms with Crippen molar-refractivity contribution in [2.45, 2.75) is 13.0 Å². The summed E-state index contributed by atoms with van der Waals surface area (Å²) in [6.07, 6.45) is 0.633. The van der Waals surface area contributed by atoms with Gasteiger partial charge >= 0.3 is 5.97 Å². The highest BCUT2D eigenvalue weighted by molar-refractivity contribution is 5.79. The zero-order valence-electron chi connectivity index (χ0n) is 9.63. The smallest absolute Gasteiger partial charge is 0.311 e. The van der Waals surface area contributed by atoms with Crippen LogP contribution in [0.15, 0.2) is 30.3 Å². The number of aliphatic carboxylic acids is 1. The summed E-state index contributed by atoms with van der Waals surface area (Å²) < 4.78 is 5.53. The molecule has 1 saturated carbocycles. The molecular formula is C13H17NO3. The Morgan fingerprint density at radius 2 is 2.18 bits per heavy atom. The van der Waals surface area contributed by atoms with Crippen molar-refractivity contribution < 1.29 is 14.6 Å². The Morgan fingerprint density at radius 1 is 1.47 bits per heavy atom. The number of nitrogens with two attached hydrogens (primary N) is 1. The van der Waals surface area contributed by atoms with Gasteiger partial charge in [-0.3, -0.25) is 4.79 Å². The molecule has 2 unspecified atom stereocenters. The van der Waals surface area contributed by atoms with Crippen molar-refractivity contribution in [1.29, 1.82) is 0 Å². The Labute approximate surface area is 100 Å². The molecule has 0 amide bonds. The van der Waals surface area contributed by atoms with Gasteiger partial charge in [-0.25, -0.2) is 0 Å². The van der Waals surface area contributed by atoms with E-state index in [4.69, 9.17) is 15.6 Å². The van der Waals surface area contributed by atoms with Gasteiger partial charge in [-0.15, -0.1) is 0 Å². The van der Waals surface area contributed by atoms with Crippen LogP contribution in [0.2, 0.25) is 0 Å². The molecule has 4 nitrogen and oxygen atoms in total. The van der Waals surface area contributed by atoms with Gasteiger partial charge in [0.15, 0.2) is 0 Å². The summed E-state index contributed by atoms with van der Waals surface area (Å²) in [6, 6.07) is 9.84. The maximum atomic E-state index is 11.0. The van der Waals surface area contributed by atoms with Crippen LogP contribution >= 0.6 is 0 Å². The number of hydrogen-bond donors (Lipinski definition) is 2. The Hall–Kier alpha value is -1.39. The van der Waals surface area contributed by atoms with Crippen LogP contribution in [0.1, 0.15) is 12.0 Å². The monoisotopic (exact) mass is 235 g/mol. The Bertz CT molecular complexity index is 393. The van der Waals surface area contributed by atoms with Crippen molar-refractivity contribution in [3.8, 4) is 0 Å². The first-order chi connectivity index (χ1) is 8.19. The van der Waals surface area contributed by atoms with Crippen LogP contribution in [-0.2, 0) is 16.1 Å². The summed E-state index contributed by atoms with van der Waals surface area (Å²) in [7, 11) is 0. The number of carboxylic acids is 1. The third kappa shape index (κ3) is 2.48. The first-order valence-electron chi connectivity index (χ1n) is 5.74. The van der Waals surface area contributed by atoms with Gasteiger partial charge in [0.2, 0.25) is 0 Å². The summed E-state index contributed by atoms with van der Waals surface area (Å²) in [5, 5.41) is 9.05. The van der Waals surface area contributed by atoms with E-state index in [-0.39, 0.29) is 12.5 Å². The van der Waals surface area contributed by atoms with Crippen molar-refractivity contribution in [1.82, 2.24) is 0 Å². The van der Waals surface area contributed by atoms with Gasteiger partial charge in [0, 0.05) is 12.5 Å². The molecule has 0 heterocycles. The van der Waals surface area contributed by atoms with E-state index < -0.39 is 11.4 Å². The van der Waals surface area contributed by atoms with E-state index in [9.17, 15) is 4.79 Å². The van der Waals surface area contributed by atoms with Crippen LogP contribution in [-0.4, -0.2) is 24.2 Å². The van der Waals surface area contributed by atoms with Crippen LogP contribution < -0.4 is 5.73 Å². The first kappa shape index (κ1) is 12.1. The molecule has 1 aliphatic carbocycles.